The van der Waals surface area contributed by atoms with E-state index in [1.165, 1.54) is 25.7 Å². The maximum Gasteiger partial charge on any atom is 0.208 e. The Morgan fingerprint density at radius 2 is 2.17 bits per heavy atom. The summed E-state index contributed by atoms with van der Waals surface area (Å²) in [5, 5.41) is 0. The Labute approximate surface area is 110 Å². The molecule has 0 heterocycles. The Balaban J connectivity index is 1.77. The quantitative estimate of drug-likeness (QED) is 0.224. The number of guanidine groups is 1. The van der Waals surface area contributed by atoms with E-state index >= 15 is 0 Å². The number of nitrogens with zero attached hydrogens (tertiary/aromatic N) is 2. The summed E-state index contributed by atoms with van der Waals surface area (Å²) >= 11 is 0. The van der Waals surface area contributed by atoms with E-state index in [0.717, 1.165) is 44.6 Å². The van der Waals surface area contributed by atoms with Crippen LogP contribution in [0.3, 0.4) is 0 Å². The first-order valence-corrected chi connectivity index (χ1v) is 7.20. The lowest BCUT2D eigenvalue weighted by Crippen LogP contribution is -2.47. The molecule has 104 valence electrons. The zero-order chi connectivity index (χ0) is 12.8. The third kappa shape index (κ3) is 4.46. The number of nitrogens with two attached hydrogens (primary N) is 1. The van der Waals surface area contributed by atoms with Gasteiger partial charge in [0.2, 0.25) is 5.96 Å². The van der Waals surface area contributed by atoms with Gasteiger partial charge >= 0.3 is 0 Å². The second-order valence-electron chi connectivity index (χ2n) is 5.23. The van der Waals surface area contributed by atoms with Crippen molar-refractivity contribution < 1.29 is 4.74 Å². The summed E-state index contributed by atoms with van der Waals surface area (Å²) in [4.78, 5) is 6.96. The summed E-state index contributed by atoms with van der Waals surface area (Å²) in [6.45, 7) is 5.48. The van der Waals surface area contributed by atoms with Crippen LogP contribution >= 0.6 is 0 Å². The first kappa shape index (κ1) is 13.6. The van der Waals surface area contributed by atoms with Crippen LogP contribution in [0.25, 0.3) is 0 Å². The van der Waals surface area contributed by atoms with Crippen LogP contribution in [0.2, 0.25) is 0 Å². The molecule has 2 fully saturated rings. The van der Waals surface area contributed by atoms with Gasteiger partial charge in [-0.25, -0.2) is 5.84 Å². The first-order valence-electron chi connectivity index (χ1n) is 7.20. The van der Waals surface area contributed by atoms with Crippen molar-refractivity contribution in [1.29, 1.82) is 0 Å². The van der Waals surface area contributed by atoms with Crippen molar-refractivity contribution in [1.82, 2.24) is 10.3 Å². The summed E-state index contributed by atoms with van der Waals surface area (Å²) in [6.07, 6.45) is 6.26. The van der Waals surface area contributed by atoms with Gasteiger partial charge in [-0.3, -0.25) is 10.4 Å². The van der Waals surface area contributed by atoms with Gasteiger partial charge in [-0.15, -0.1) is 0 Å². The largest absolute Gasteiger partial charge is 0.382 e. The molecule has 2 aliphatic rings. The highest BCUT2D eigenvalue weighted by Crippen LogP contribution is 2.34. The zero-order valence-corrected chi connectivity index (χ0v) is 11.4. The van der Waals surface area contributed by atoms with Gasteiger partial charge in [0.05, 0.1) is 0 Å². The van der Waals surface area contributed by atoms with Gasteiger partial charge in [0, 0.05) is 32.3 Å². The van der Waals surface area contributed by atoms with Crippen LogP contribution in [-0.2, 0) is 4.74 Å². The molecule has 5 heteroatoms. The minimum Gasteiger partial charge on any atom is -0.382 e. The van der Waals surface area contributed by atoms with Crippen LogP contribution in [0, 0.1) is 5.92 Å². The molecule has 2 aliphatic carbocycles. The minimum atomic E-state index is 0.673. The topological polar surface area (TPSA) is 62.9 Å². The van der Waals surface area contributed by atoms with E-state index in [0.29, 0.717) is 6.04 Å². The van der Waals surface area contributed by atoms with E-state index in [-0.39, 0.29) is 0 Å². The number of rotatable bonds is 8. The van der Waals surface area contributed by atoms with E-state index in [1.807, 2.05) is 6.92 Å². The van der Waals surface area contributed by atoms with Crippen LogP contribution in [0.5, 0.6) is 0 Å². The van der Waals surface area contributed by atoms with Crippen molar-refractivity contribution in [2.75, 3.05) is 26.3 Å². The lowest BCUT2D eigenvalue weighted by atomic mass is 10.3. The number of nitrogens with one attached hydrogen (secondary N) is 1. The van der Waals surface area contributed by atoms with E-state index in [9.17, 15) is 0 Å². The fourth-order valence-corrected chi connectivity index (χ4v) is 2.09. The Bertz CT molecular complexity index is 274. The van der Waals surface area contributed by atoms with Crippen LogP contribution in [0.1, 0.15) is 39.0 Å². The molecule has 0 radical (unpaired) electrons. The SMILES string of the molecule is CCOCCCN=C(NN)N(CC1CC1)C1CC1. The van der Waals surface area contributed by atoms with Gasteiger partial charge in [-0.1, -0.05) is 0 Å². The van der Waals surface area contributed by atoms with Crippen molar-refractivity contribution in [3.05, 3.63) is 0 Å². The van der Waals surface area contributed by atoms with Crippen molar-refractivity contribution >= 4 is 5.96 Å². The number of aliphatic imine (C=N–C) groups is 1. The summed E-state index contributed by atoms with van der Waals surface area (Å²) in [5.74, 6) is 7.37. The Kier molecular flexibility index (Phi) is 5.26. The Morgan fingerprint density at radius 1 is 1.39 bits per heavy atom. The molecule has 0 amide bonds. The third-order valence-corrected chi connectivity index (χ3v) is 3.45. The lowest BCUT2D eigenvalue weighted by Gasteiger charge is -2.25. The maximum absolute atomic E-state index is 5.62. The van der Waals surface area contributed by atoms with Crippen LogP contribution in [0.15, 0.2) is 4.99 Å². The van der Waals surface area contributed by atoms with E-state index < -0.39 is 0 Å². The van der Waals surface area contributed by atoms with Gasteiger partial charge in [0.1, 0.15) is 0 Å². The van der Waals surface area contributed by atoms with Crippen LogP contribution in [-0.4, -0.2) is 43.2 Å². The molecule has 0 aromatic heterocycles. The predicted molar refractivity (Wildman–Crippen MR) is 73.2 cm³/mol. The second-order valence-corrected chi connectivity index (χ2v) is 5.23. The Morgan fingerprint density at radius 3 is 2.72 bits per heavy atom. The summed E-state index contributed by atoms with van der Waals surface area (Å²) in [5.41, 5.74) is 2.78. The molecule has 0 aromatic carbocycles. The molecule has 0 bridgehead atoms. The highest BCUT2D eigenvalue weighted by atomic mass is 16.5. The predicted octanol–water partition coefficient (Wildman–Crippen LogP) is 1.11. The smallest absolute Gasteiger partial charge is 0.208 e. The van der Waals surface area contributed by atoms with Crippen LogP contribution < -0.4 is 11.3 Å². The van der Waals surface area contributed by atoms with Gasteiger partial charge < -0.3 is 9.64 Å². The fourth-order valence-electron chi connectivity index (χ4n) is 2.09. The number of ether oxygens (including phenoxy) is 1. The number of hydrogen-bond donors (Lipinski definition) is 2. The van der Waals surface area contributed by atoms with Gasteiger partial charge in [-0.05, 0) is 44.9 Å². The number of hydrazine groups is 1. The fraction of sp³-hybridized carbons (Fsp3) is 0.923. The Hall–Kier alpha value is -0.810. The van der Waals surface area contributed by atoms with E-state index in [1.54, 1.807) is 0 Å². The molecule has 0 aromatic rings. The monoisotopic (exact) mass is 254 g/mol. The average Bonchev–Trinajstić information content (AvgIpc) is 3.25. The maximum atomic E-state index is 5.62. The minimum absolute atomic E-state index is 0.673. The molecule has 0 spiro atoms. The zero-order valence-electron chi connectivity index (χ0n) is 11.4. The molecule has 2 rings (SSSR count). The van der Waals surface area contributed by atoms with Gasteiger partial charge in [0.15, 0.2) is 0 Å². The third-order valence-electron chi connectivity index (χ3n) is 3.45. The first-order chi connectivity index (χ1) is 8.85. The standard InChI is InChI=1S/C13H26N4O/c1-2-18-9-3-8-15-13(16-14)17(12-6-7-12)10-11-4-5-11/h11-12H,2-10,14H2,1H3,(H,15,16). The lowest BCUT2D eigenvalue weighted by molar-refractivity contribution is 0.146. The second kappa shape index (κ2) is 6.95. The van der Waals surface area contributed by atoms with Crippen LogP contribution in [0.4, 0.5) is 0 Å². The number of hydrogen-bond acceptors (Lipinski definition) is 3. The van der Waals surface area contributed by atoms with Gasteiger partial charge in [-0.2, -0.15) is 0 Å². The van der Waals surface area contributed by atoms with E-state index in [4.69, 9.17) is 10.6 Å². The van der Waals surface area contributed by atoms with Crippen molar-refractivity contribution in [2.24, 2.45) is 16.8 Å². The van der Waals surface area contributed by atoms with E-state index in [2.05, 4.69) is 15.3 Å². The molecule has 0 unspecified atom stereocenters. The molecule has 18 heavy (non-hydrogen) atoms. The summed E-state index contributed by atoms with van der Waals surface area (Å²) in [6, 6.07) is 0.673. The highest BCUT2D eigenvalue weighted by Gasteiger charge is 2.35. The average molecular weight is 254 g/mol. The molecule has 3 N–H and O–H groups in total. The molecule has 5 nitrogen and oxygen atoms in total. The molecule has 0 saturated heterocycles. The van der Waals surface area contributed by atoms with Crippen molar-refractivity contribution in [3.63, 3.8) is 0 Å². The van der Waals surface area contributed by atoms with Crippen molar-refractivity contribution in [2.45, 2.75) is 45.1 Å². The molecule has 2 saturated carbocycles. The highest BCUT2D eigenvalue weighted by molar-refractivity contribution is 5.80. The van der Waals surface area contributed by atoms with Gasteiger partial charge in [0.25, 0.3) is 0 Å². The summed E-state index contributed by atoms with van der Waals surface area (Å²) < 4.78 is 5.31. The normalized spacial score (nSPS) is 20.0. The molecular formula is C13H26N4O. The molecular weight excluding hydrogens is 228 g/mol. The van der Waals surface area contributed by atoms with Crippen molar-refractivity contribution in [3.8, 4) is 0 Å². The molecule has 0 atom stereocenters. The summed E-state index contributed by atoms with van der Waals surface area (Å²) in [7, 11) is 0. The molecule has 0 aliphatic heterocycles.